The largest absolute Gasteiger partial charge is 0.291 e. The van der Waals surface area contributed by atoms with Gasteiger partial charge in [0.05, 0.1) is 0 Å². The highest BCUT2D eigenvalue weighted by Crippen LogP contribution is 2.14. The Hall–Kier alpha value is 0.01000. The van der Waals surface area contributed by atoms with Crippen LogP contribution in [-0.4, -0.2) is 17.3 Å². The van der Waals surface area contributed by atoms with Gasteiger partial charge in [-0.15, -0.1) is 0 Å². The normalized spacial score (nSPS) is 13.3. The van der Waals surface area contributed by atoms with Crippen molar-refractivity contribution in [1.82, 2.24) is 4.90 Å². The van der Waals surface area contributed by atoms with Crippen LogP contribution in [0.5, 0.6) is 0 Å². The fraction of sp³-hybridized carbons (Fsp3) is 0.400. The van der Waals surface area contributed by atoms with E-state index in [1.807, 2.05) is 6.07 Å². The van der Waals surface area contributed by atoms with Gasteiger partial charge in [0, 0.05) is 16.4 Å². The molecule has 0 aliphatic carbocycles. The maximum absolute atomic E-state index is 4.36. The Morgan fingerprint density at radius 3 is 2.77 bits per heavy atom. The third kappa shape index (κ3) is 3.71. The maximum atomic E-state index is 4.36. The molecule has 0 saturated carbocycles. The van der Waals surface area contributed by atoms with E-state index in [2.05, 4.69) is 65.6 Å². The molecule has 0 spiro atoms. The highest BCUT2D eigenvalue weighted by molar-refractivity contribution is 9.10. The minimum atomic E-state index is 0.291. The molecule has 1 aromatic carbocycles. The van der Waals surface area contributed by atoms with E-state index < -0.39 is 0 Å². The van der Waals surface area contributed by atoms with Crippen LogP contribution in [-0.2, 0) is 6.54 Å². The summed E-state index contributed by atoms with van der Waals surface area (Å²) in [6.45, 7) is 3.01. The molecule has 0 bridgehead atoms. The molecule has 0 saturated heterocycles. The van der Waals surface area contributed by atoms with Gasteiger partial charge >= 0.3 is 0 Å². The number of halogens is 1. The number of benzene rings is 1. The van der Waals surface area contributed by atoms with Gasteiger partial charge < -0.3 is 0 Å². The Labute approximate surface area is 93.7 Å². The summed E-state index contributed by atoms with van der Waals surface area (Å²) >= 11 is 7.81. The van der Waals surface area contributed by atoms with Crippen LogP contribution in [0.1, 0.15) is 12.5 Å². The zero-order valence-electron chi connectivity index (χ0n) is 7.87. The fourth-order valence-electron chi connectivity index (χ4n) is 1.06. The van der Waals surface area contributed by atoms with Gasteiger partial charge in [0.1, 0.15) is 0 Å². The van der Waals surface area contributed by atoms with Crippen molar-refractivity contribution in [1.29, 1.82) is 0 Å². The molecule has 0 fully saturated rings. The van der Waals surface area contributed by atoms with Crippen LogP contribution in [0.4, 0.5) is 0 Å². The summed E-state index contributed by atoms with van der Waals surface area (Å²) in [7, 11) is 2.07. The zero-order chi connectivity index (χ0) is 9.84. The van der Waals surface area contributed by atoms with E-state index in [1.165, 1.54) is 5.56 Å². The summed E-state index contributed by atoms with van der Waals surface area (Å²) in [5.74, 6) is 0. The number of hydrogen-bond acceptors (Lipinski definition) is 2. The first-order chi connectivity index (χ1) is 6.09. The van der Waals surface area contributed by atoms with E-state index in [0.717, 1.165) is 11.0 Å². The van der Waals surface area contributed by atoms with Crippen molar-refractivity contribution in [2.45, 2.75) is 18.8 Å². The average Bonchev–Trinajstić information content (AvgIpc) is 2.04. The zero-order valence-corrected chi connectivity index (χ0v) is 10.3. The molecule has 1 nitrogen and oxygen atoms in total. The first-order valence-electron chi connectivity index (χ1n) is 4.22. The predicted octanol–water partition coefficient (Wildman–Crippen LogP) is 3.16. The summed E-state index contributed by atoms with van der Waals surface area (Å²) in [5.41, 5.74) is 1.30. The highest BCUT2D eigenvalue weighted by Gasteiger charge is 2.04. The van der Waals surface area contributed by atoms with Crippen molar-refractivity contribution >= 4 is 28.6 Å². The van der Waals surface area contributed by atoms with Gasteiger partial charge in [0.2, 0.25) is 0 Å². The fourth-order valence-corrected chi connectivity index (χ4v) is 1.58. The van der Waals surface area contributed by atoms with Crippen LogP contribution in [0.15, 0.2) is 28.7 Å². The summed E-state index contributed by atoms with van der Waals surface area (Å²) in [6.07, 6.45) is 0. The van der Waals surface area contributed by atoms with Crippen molar-refractivity contribution in [2.75, 3.05) is 7.05 Å². The Bertz CT molecular complexity index is 275. The first-order valence-corrected chi connectivity index (χ1v) is 5.53. The Kier molecular flexibility index (Phi) is 4.29. The summed E-state index contributed by atoms with van der Waals surface area (Å²) in [4.78, 5) is 2.19. The minimum absolute atomic E-state index is 0.291. The quantitative estimate of drug-likeness (QED) is 0.645. The second-order valence-electron chi connectivity index (χ2n) is 3.18. The lowest BCUT2D eigenvalue weighted by Gasteiger charge is -2.20. The molecule has 1 aromatic rings. The summed E-state index contributed by atoms with van der Waals surface area (Å²) in [6, 6.07) is 8.34. The van der Waals surface area contributed by atoms with Gasteiger partial charge in [0.25, 0.3) is 0 Å². The predicted molar refractivity (Wildman–Crippen MR) is 64.1 cm³/mol. The van der Waals surface area contributed by atoms with E-state index in [1.54, 1.807) is 0 Å². The Balaban J connectivity index is 2.64. The maximum Gasteiger partial charge on any atom is 0.0499 e. The van der Waals surface area contributed by atoms with Crippen LogP contribution in [0.3, 0.4) is 0 Å². The molecule has 3 heteroatoms. The van der Waals surface area contributed by atoms with Gasteiger partial charge in [-0.05, 0) is 31.7 Å². The van der Waals surface area contributed by atoms with E-state index >= 15 is 0 Å². The third-order valence-electron chi connectivity index (χ3n) is 1.96. The van der Waals surface area contributed by atoms with Crippen LogP contribution in [0.2, 0.25) is 0 Å². The van der Waals surface area contributed by atoms with Crippen LogP contribution in [0.25, 0.3) is 0 Å². The highest BCUT2D eigenvalue weighted by atomic mass is 79.9. The molecular weight excluding hydrogens is 246 g/mol. The minimum Gasteiger partial charge on any atom is -0.291 e. The van der Waals surface area contributed by atoms with Crippen LogP contribution in [0, 0.1) is 0 Å². The molecule has 72 valence electrons. The number of rotatable bonds is 3. The number of thiol groups is 1. The molecule has 0 radical (unpaired) electrons. The van der Waals surface area contributed by atoms with Crippen molar-refractivity contribution in [3.05, 3.63) is 34.3 Å². The lowest BCUT2D eigenvalue weighted by atomic mass is 10.2. The van der Waals surface area contributed by atoms with Crippen molar-refractivity contribution in [2.24, 2.45) is 0 Å². The third-order valence-corrected chi connectivity index (χ3v) is 2.85. The summed E-state index contributed by atoms with van der Waals surface area (Å²) < 4.78 is 1.13. The molecule has 0 aliphatic heterocycles. The van der Waals surface area contributed by atoms with Crippen LogP contribution >= 0.6 is 28.6 Å². The standard InChI is InChI=1S/C10H14BrNS/c1-8(13)12(2)7-9-4-3-5-10(11)6-9/h3-6,8,13H,7H2,1-2H3. The molecule has 1 atom stereocenters. The molecule has 0 amide bonds. The Morgan fingerprint density at radius 2 is 2.23 bits per heavy atom. The SMILES string of the molecule is CC(S)N(C)Cc1cccc(Br)c1. The lowest BCUT2D eigenvalue weighted by Crippen LogP contribution is -2.23. The van der Waals surface area contributed by atoms with E-state index in [9.17, 15) is 0 Å². The van der Waals surface area contributed by atoms with Crippen LogP contribution < -0.4 is 0 Å². The average molecular weight is 260 g/mol. The second-order valence-corrected chi connectivity index (χ2v) is 4.84. The Morgan fingerprint density at radius 1 is 1.54 bits per heavy atom. The first kappa shape index (κ1) is 11.1. The smallest absolute Gasteiger partial charge is 0.0499 e. The number of hydrogen-bond donors (Lipinski definition) is 1. The van der Waals surface area contributed by atoms with Gasteiger partial charge in [-0.3, -0.25) is 4.90 Å². The molecule has 0 heterocycles. The summed E-state index contributed by atoms with van der Waals surface area (Å²) in [5, 5.41) is 0.291. The number of nitrogens with zero attached hydrogens (tertiary/aromatic N) is 1. The van der Waals surface area contributed by atoms with Gasteiger partial charge in [0.15, 0.2) is 0 Å². The van der Waals surface area contributed by atoms with Gasteiger partial charge in [-0.1, -0.05) is 28.1 Å². The molecule has 1 rings (SSSR count). The van der Waals surface area contributed by atoms with Gasteiger partial charge in [-0.2, -0.15) is 12.6 Å². The molecule has 1 unspecified atom stereocenters. The van der Waals surface area contributed by atoms with Crippen molar-refractivity contribution < 1.29 is 0 Å². The monoisotopic (exact) mass is 259 g/mol. The van der Waals surface area contributed by atoms with Gasteiger partial charge in [-0.25, -0.2) is 0 Å². The molecule has 13 heavy (non-hydrogen) atoms. The topological polar surface area (TPSA) is 3.24 Å². The molecule has 0 aromatic heterocycles. The van der Waals surface area contributed by atoms with E-state index in [-0.39, 0.29) is 0 Å². The molecule has 0 N–H and O–H groups in total. The van der Waals surface area contributed by atoms with E-state index in [4.69, 9.17) is 0 Å². The van der Waals surface area contributed by atoms with E-state index in [0.29, 0.717) is 5.37 Å². The molecular formula is C10H14BrNS. The van der Waals surface area contributed by atoms with Crippen molar-refractivity contribution in [3.63, 3.8) is 0 Å². The molecule has 0 aliphatic rings. The second kappa shape index (κ2) is 5.03. The van der Waals surface area contributed by atoms with Crippen molar-refractivity contribution in [3.8, 4) is 0 Å². The lowest BCUT2D eigenvalue weighted by molar-refractivity contribution is 0.322.